The van der Waals surface area contributed by atoms with Crippen molar-refractivity contribution >= 4 is 5.84 Å². The van der Waals surface area contributed by atoms with Crippen LogP contribution >= 0.6 is 0 Å². The molecule has 2 N–H and O–H groups in total. The van der Waals surface area contributed by atoms with Gasteiger partial charge in [0.1, 0.15) is 0 Å². The maximum atomic E-state index is 6.10. The predicted molar refractivity (Wildman–Crippen MR) is 73.3 cm³/mol. The first kappa shape index (κ1) is 12.9. The number of piperidine rings is 2. The molecule has 0 saturated carbocycles. The summed E-state index contributed by atoms with van der Waals surface area (Å²) in [4.78, 5) is 7.36. The zero-order chi connectivity index (χ0) is 12.6. The molecule has 0 aromatic heterocycles. The van der Waals surface area contributed by atoms with E-state index in [1.165, 1.54) is 32.1 Å². The predicted octanol–water partition coefficient (Wildman–Crippen LogP) is 2.41. The minimum atomic E-state index is 0.0124. The Morgan fingerprint density at radius 3 is 2.18 bits per heavy atom. The summed E-state index contributed by atoms with van der Waals surface area (Å²) in [6.07, 6.45) is 6.47. The van der Waals surface area contributed by atoms with Gasteiger partial charge >= 0.3 is 0 Å². The van der Waals surface area contributed by atoms with E-state index in [0.29, 0.717) is 6.04 Å². The Bertz CT molecular complexity index is 289. The third-order valence-electron chi connectivity index (χ3n) is 4.41. The zero-order valence-corrected chi connectivity index (χ0v) is 11.7. The molecule has 2 heterocycles. The molecule has 0 spiro atoms. The molecule has 0 aliphatic carbocycles. The molecule has 98 valence electrons. The molecule has 2 rings (SSSR count). The van der Waals surface area contributed by atoms with Crippen LogP contribution in [0.5, 0.6) is 0 Å². The van der Waals surface area contributed by atoms with Gasteiger partial charge in [0.05, 0.1) is 11.9 Å². The Labute approximate surface area is 105 Å². The van der Waals surface area contributed by atoms with Crippen molar-refractivity contribution in [2.75, 3.05) is 7.05 Å². The molecule has 0 amide bonds. The van der Waals surface area contributed by atoms with Gasteiger partial charge in [-0.1, -0.05) is 27.2 Å². The highest BCUT2D eigenvalue weighted by molar-refractivity contribution is 5.85. The van der Waals surface area contributed by atoms with Gasteiger partial charge in [-0.2, -0.15) is 0 Å². The number of hydrogen-bond acceptors (Lipinski definition) is 2. The second kappa shape index (κ2) is 4.60. The Morgan fingerprint density at radius 2 is 1.71 bits per heavy atom. The van der Waals surface area contributed by atoms with Crippen molar-refractivity contribution in [2.45, 2.75) is 71.0 Å². The Morgan fingerprint density at radius 1 is 1.18 bits per heavy atom. The van der Waals surface area contributed by atoms with Crippen LogP contribution in [0.3, 0.4) is 0 Å². The van der Waals surface area contributed by atoms with Gasteiger partial charge in [-0.05, 0) is 32.7 Å². The van der Waals surface area contributed by atoms with Crippen LogP contribution in [-0.2, 0) is 0 Å². The molecule has 2 unspecified atom stereocenters. The molecule has 2 atom stereocenters. The molecule has 2 aliphatic heterocycles. The first-order valence-electron chi connectivity index (χ1n) is 6.93. The maximum Gasteiger partial charge on any atom is 0.0994 e. The molecule has 0 aromatic rings. The standard InChI is InChI=1S/C14H27N3/c1-14(2,3)13(15)16-10-8-11-6-5-7-12(9-10)17(11)4/h10-12H,5-9H2,1-4H3,(H2,15,16). The lowest BCUT2D eigenvalue weighted by Crippen LogP contribution is -2.51. The fraction of sp³-hybridized carbons (Fsp3) is 0.929. The summed E-state index contributed by atoms with van der Waals surface area (Å²) in [5.74, 6) is 0.824. The SMILES string of the molecule is CN1C2CCCC1CC(N=C(N)C(C)(C)C)C2. The van der Waals surface area contributed by atoms with Crippen molar-refractivity contribution in [1.82, 2.24) is 4.90 Å². The summed E-state index contributed by atoms with van der Waals surface area (Å²) in [5.41, 5.74) is 6.12. The quantitative estimate of drug-likeness (QED) is 0.562. The van der Waals surface area contributed by atoms with Gasteiger partial charge in [-0.25, -0.2) is 0 Å². The molecule has 0 aromatic carbocycles. The third kappa shape index (κ3) is 2.82. The molecule has 2 saturated heterocycles. The van der Waals surface area contributed by atoms with E-state index in [2.05, 4.69) is 32.7 Å². The number of amidine groups is 1. The molecule has 2 aliphatic rings. The maximum absolute atomic E-state index is 6.10. The van der Waals surface area contributed by atoms with Crippen LogP contribution in [0.15, 0.2) is 4.99 Å². The average molecular weight is 237 g/mol. The summed E-state index contributed by atoms with van der Waals surface area (Å²) in [6.45, 7) is 6.42. The minimum Gasteiger partial charge on any atom is -0.387 e. The summed E-state index contributed by atoms with van der Waals surface area (Å²) in [5, 5.41) is 0. The van der Waals surface area contributed by atoms with Crippen LogP contribution in [0, 0.1) is 5.41 Å². The highest BCUT2D eigenvalue weighted by Gasteiger charge is 2.36. The van der Waals surface area contributed by atoms with Crippen LogP contribution in [0.2, 0.25) is 0 Å². The van der Waals surface area contributed by atoms with E-state index in [0.717, 1.165) is 17.9 Å². The molecule has 3 nitrogen and oxygen atoms in total. The highest BCUT2D eigenvalue weighted by Crippen LogP contribution is 2.34. The lowest BCUT2D eigenvalue weighted by molar-refractivity contribution is 0.0573. The van der Waals surface area contributed by atoms with E-state index in [1.807, 2.05) is 0 Å². The van der Waals surface area contributed by atoms with E-state index in [9.17, 15) is 0 Å². The first-order chi connectivity index (χ1) is 7.88. The minimum absolute atomic E-state index is 0.0124. The normalized spacial score (nSPS) is 36.0. The van der Waals surface area contributed by atoms with Crippen molar-refractivity contribution in [1.29, 1.82) is 0 Å². The summed E-state index contributed by atoms with van der Waals surface area (Å²) in [6, 6.07) is 1.94. The van der Waals surface area contributed by atoms with E-state index in [-0.39, 0.29) is 5.41 Å². The lowest BCUT2D eigenvalue weighted by atomic mass is 9.82. The summed E-state index contributed by atoms with van der Waals surface area (Å²) >= 11 is 0. The average Bonchev–Trinajstić information content (AvgIpc) is 2.18. The van der Waals surface area contributed by atoms with Crippen molar-refractivity contribution in [3.8, 4) is 0 Å². The largest absolute Gasteiger partial charge is 0.387 e. The van der Waals surface area contributed by atoms with E-state index in [1.54, 1.807) is 0 Å². The summed E-state index contributed by atoms with van der Waals surface area (Å²) in [7, 11) is 2.28. The molecular weight excluding hydrogens is 210 g/mol. The Hall–Kier alpha value is -0.570. The van der Waals surface area contributed by atoms with E-state index in [4.69, 9.17) is 10.7 Å². The summed E-state index contributed by atoms with van der Waals surface area (Å²) < 4.78 is 0. The van der Waals surface area contributed by atoms with Gasteiger partial charge in [0.15, 0.2) is 0 Å². The van der Waals surface area contributed by atoms with E-state index >= 15 is 0 Å². The molecule has 3 heteroatoms. The number of nitrogens with zero attached hydrogens (tertiary/aromatic N) is 2. The first-order valence-corrected chi connectivity index (χ1v) is 6.93. The number of aliphatic imine (C=N–C) groups is 1. The van der Waals surface area contributed by atoms with Gasteiger partial charge < -0.3 is 10.6 Å². The second-order valence-electron chi connectivity index (χ2n) is 6.79. The molecule has 2 bridgehead atoms. The van der Waals surface area contributed by atoms with Gasteiger partial charge in [0.2, 0.25) is 0 Å². The lowest BCUT2D eigenvalue weighted by Gasteiger charge is -2.46. The topological polar surface area (TPSA) is 41.6 Å². The number of fused-ring (bicyclic) bond motifs is 2. The van der Waals surface area contributed by atoms with Gasteiger partial charge in [0, 0.05) is 17.5 Å². The monoisotopic (exact) mass is 237 g/mol. The fourth-order valence-corrected chi connectivity index (χ4v) is 3.08. The number of nitrogens with two attached hydrogens (primary N) is 1. The second-order valence-corrected chi connectivity index (χ2v) is 6.79. The molecular formula is C14H27N3. The van der Waals surface area contributed by atoms with Crippen molar-refractivity contribution < 1.29 is 0 Å². The van der Waals surface area contributed by atoms with Crippen molar-refractivity contribution in [2.24, 2.45) is 16.1 Å². The van der Waals surface area contributed by atoms with Crippen molar-refractivity contribution in [3.05, 3.63) is 0 Å². The highest BCUT2D eigenvalue weighted by atomic mass is 15.2. The fourth-order valence-electron chi connectivity index (χ4n) is 3.08. The van der Waals surface area contributed by atoms with Gasteiger partial charge in [-0.3, -0.25) is 4.99 Å². The Kier molecular flexibility index (Phi) is 3.48. The van der Waals surface area contributed by atoms with Gasteiger partial charge in [-0.15, -0.1) is 0 Å². The number of rotatable bonds is 1. The molecule has 0 radical (unpaired) electrons. The van der Waals surface area contributed by atoms with Crippen LogP contribution in [0.25, 0.3) is 0 Å². The number of hydrogen-bond donors (Lipinski definition) is 1. The van der Waals surface area contributed by atoms with E-state index < -0.39 is 0 Å². The third-order valence-corrected chi connectivity index (χ3v) is 4.41. The van der Waals surface area contributed by atoms with Crippen LogP contribution in [0.1, 0.15) is 52.9 Å². The van der Waals surface area contributed by atoms with Crippen LogP contribution < -0.4 is 5.73 Å². The van der Waals surface area contributed by atoms with Crippen LogP contribution in [-0.4, -0.2) is 35.9 Å². The molecule has 2 fully saturated rings. The van der Waals surface area contributed by atoms with Crippen LogP contribution in [0.4, 0.5) is 0 Å². The van der Waals surface area contributed by atoms with Gasteiger partial charge in [0.25, 0.3) is 0 Å². The smallest absolute Gasteiger partial charge is 0.0994 e. The Balaban J connectivity index is 2.05. The van der Waals surface area contributed by atoms with Crippen molar-refractivity contribution in [3.63, 3.8) is 0 Å². The zero-order valence-electron chi connectivity index (χ0n) is 11.7. The molecule has 17 heavy (non-hydrogen) atoms.